The number of nitrogens with one attached hydrogen (secondary N) is 1. The van der Waals surface area contributed by atoms with E-state index in [0.717, 1.165) is 11.3 Å². The molecule has 0 atom stereocenters. The van der Waals surface area contributed by atoms with Gasteiger partial charge < -0.3 is 19.5 Å². The molecule has 2 aromatic carbocycles. The summed E-state index contributed by atoms with van der Waals surface area (Å²) in [5.41, 5.74) is 1.54. The largest absolute Gasteiger partial charge is 0.493 e. The molecule has 0 aliphatic heterocycles. The fraction of sp³-hybridized carbons (Fsp3) is 0.200. The Morgan fingerprint density at radius 1 is 1.07 bits per heavy atom. The van der Waals surface area contributed by atoms with E-state index in [9.17, 15) is 4.79 Å². The summed E-state index contributed by atoms with van der Waals surface area (Å²) in [7, 11) is 4.61. The van der Waals surface area contributed by atoms with Gasteiger partial charge in [0, 0.05) is 6.08 Å². The van der Waals surface area contributed by atoms with Crippen LogP contribution in [0.1, 0.15) is 11.4 Å². The molecular weight excluding hydrogens is 374 g/mol. The highest BCUT2D eigenvalue weighted by Gasteiger charge is 2.12. The number of tetrazole rings is 1. The Morgan fingerprint density at radius 3 is 2.38 bits per heavy atom. The summed E-state index contributed by atoms with van der Waals surface area (Å²) < 4.78 is 17.5. The van der Waals surface area contributed by atoms with E-state index in [4.69, 9.17) is 14.2 Å². The monoisotopic (exact) mass is 395 g/mol. The van der Waals surface area contributed by atoms with Gasteiger partial charge in [0.1, 0.15) is 0 Å². The van der Waals surface area contributed by atoms with Crippen LogP contribution in [0.5, 0.6) is 17.2 Å². The molecule has 3 aromatic rings. The van der Waals surface area contributed by atoms with Crippen LogP contribution in [0.2, 0.25) is 0 Å². The van der Waals surface area contributed by atoms with Gasteiger partial charge in [0.05, 0.1) is 33.6 Å². The fourth-order valence-electron chi connectivity index (χ4n) is 2.68. The number of methoxy groups -OCH3 is 3. The van der Waals surface area contributed by atoms with Gasteiger partial charge in [0.25, 0.3) is 0 Å². The predicted octanol–water partition coefficient (Wildman–Crippen LogP) is 2.02. The molecule has 0 unspecified atom stereocenters. The SMILES string of the molecule is COc1cc(/C=C/C(=O)NCc2nnnn2-c2ccccc2)cc(OC)c1OC. The van der Waals surface area contributed by atoms with Gasteiger partial charge in [0.2, 0.25) is 11.7 Å². The maximum absolute atomic E-state index is 12.2. The summed E-state index contributed by atoms with van der Waals surface area (Å²) in [6, 6.07) is 12.9. The van der Waals surface area contributed by atoms with E-state index < -0.39 is 0 Å². The summed E-state index contributed by atoms with van der Waals surface area (Å²) in [5, 5.41) is 14.4. The first-order chi connectivity index (χ1) is 14.2. The lowest BCUT2D eigenvalue weighted by Crippen LogP contribution is -2.22. The molecule has 1 N–H and O–H groups in total. The molecule has 0 aliphatic carbocycles. The third-order valence-electron chi connectivity index (χ3n) is 4.07. The molecule has 150 valence electrons. The van der Waals surface area contributed by atoms with Crippen molar-refractivity contribution in [3.63, 3.8) is 0 Å². The topological polar surface area (TPSA) is 100 Å². The van der Waals surface area contributed by atoms with Gasteiger partial charge in [0.15, 0.2) is 17.3 Å². The Labute approximate surface area is 167 Å². The molecule has 0 bridgehead atoms. The summed E-state index contributed by atoms with van der Waals surface area (Å²) in [5.74, 6) is 1.74. The molecule has 0 spiro atoms. The number of aromatic nitrogens is 4. The van der Waals surface area contributed by atoms with Crippen LogP contribution in [0.4, 0.5) is 0 Å². The average Bonchev–Trinajstić information content (AvgIpc) is 3.24. The Hall–Kier alpha value is -3.88. The molecule has 0 aliphatic rings. The van der Waals surface area contributed by atoms with Crippen molar-refractivity contribution in [1.82, 2.24) is 25.5 Å². The van der Waals surface area contributed by atoms with Crippen molar-refractivity contribution in [2.24, 2.45) is 0 Å². The maximum atomic E-state index is 12.2. The molecule has 29 heavy (non-hydrogen) atoms. The minimum absolute atomic E-state index is 0.181. The van der Waals surface area contributed by atoms with Crippen molar-refractivity contribution in [2.45, 2.75) is 6.54 Å². The minimum Gasteiger partial charge on any atom is -0.493 e. The second-order valence-electron chi connectivity index (χ2n) is 5.85. The zero-order chi connectivity index (χ0) is 20.6. The third-order valence-corrected chi connectivity index (χ3v) is 4.07. The first-order valence-corrected chi connectivity index (χ1v) is 8.75. The summed E-state index contributed by atoms with van der Waals surface area (Å²) in [6.07, 6.45) is 3.07. The van der Waals surface area contributed by atoms with Gasteiger partial charge in [-0.1, -0.05) is 18.2 Å². The first kappa shape index (κ1) is 19.9. The molecule has 0 radical (unpaired) electrons. The van der Waals surface area contributed by atoms with Gasteiger partial charge >= 0.3 is 0 Å². The second kappa shape index (κ2) is 9.36. The summed E-state index contributed by atoms with van der Waals surface area (Å²) >= 11 is 0. The number of hydrogen-bond acceptors (Lipinski definition) is 7. The standard InChI is InChI=1S/C20H21N5O4/c1-27-16-11-14(12-17(28-2)20(16)29-3)9-10-19(26)21-13-18-22-23-24-25(18)15-7-5-4-6-8-15/h4-12H,13H2,1-3H3,(H,21,26)/b10-9+. The molecule has 0 saturated heterocycles. The fourth-order valence-corrected chi connectivity index (χ4v) is 2.68. The molecule has 9 heteroatoms. The number of hydrogen-bond donors (Lipinski definition) is 1. The zero-order valence-electron chi connectivity index (χ0n) is 16.3. The molecule has 9 nitrogen and oxygen atoms in total. The van der Waals surface area contributed by atoms with Gasteiger partial charge in [-0.15, -0.1) is 5.10 Å². The lowest BCUT2D eigenvalue weighted by molar-refractivity contribution is -0.116. The molecule has 1 aromatic heterocycles. The van der Waals surface area contributed by atoms with Crippen molar-refractivity contribution in [3.8, 4) is 22.9 Å². The zero-order valence-corrected chi connectivity index (χ0v) is 16.3. The Morgan fingerprint density at radius 2 is 1.76 bits per heavy atom. The third kappa shape index (κ3) is 4.70. The van der Waals surface area contributed by atoms with Crippen LogP contribution in [0.3, 0.4) is 0 Å². The number of amides is 1. The van der Waals surface area contributed by atoms with Crippen molar-refractivity contribution >= 4 is 12.0 Å². The highest BCUT2D eigenvalue weighted by molar-refractivity contribution is 5.91. The van der Waals surface area contributed by atoms with Crippen molar-refractivity contribution < 1.29 is 19.0 Å². The number of carbonyl (C=O) groups is 1. The quantitative estimate of drug-likeness (QED) is 0.582. The van der Waals surface area contributed by atoms with Gasteiger partial charge in [-0.2, -0.15) is 4.68 Å². The van der Waals surface area contributed by atoms with E-state index in [1.807, 2.05) is 30.3 Å². The molecule has 0 fully saturated rings. The smallest absolute Gasteiger partial charge is 0.244 e. The lowest BCUT2D eigenvalue weighted by Gasteiger charge is -2.12. The number of carbonyl (C=O) groups excluding carboxylic acids is 1. The van der Waals surface area contributed by atoms with Crippen LogP contribution in [0, 0.1) is 0 Å². The average molecular weight is 395 g/mol. The number of para-hydroxylation sites is 1. The van der Waals surface area contributed by atoms with Gasteiger partial charge in [-0.3, -0.25) is 4.79 Å². The maximum Gasteiger partial charge on any atom is 0.244 e. The van der Waals surface area contributed by atoms with E-state index >= 15 is 0 Å². The van der Waals surface area contributed by atoms with Crippen molar-refractivity contribution in [1.29, 1.82) is 0 Å². The highest BCUT2D eigenvalue weighted by atomic mass is 16.5. The van der Waals surface area contributed by atoms with Crippen LogP contribution in [0.25, 0.3) is 11.8 Å². The minimum atomic E-state index is -0.290. The number of benzene rings is 2. The van der Waals surface area contributed by atoms with Crippen molar-refractivity contribution in [3.05, 3.63) is 59.9 Å². The number of rotatable bonds is 8. The Balaban J connectivity index is 1.68. The van der Waals surface area contributed by atoms with E-state index in [0.29, 0.717) is 23.1 Å². The molecule has 1 amide bonds. The lowest BCUT2D eigenvalue weighted by atomic mass is 10.1. The normalized spacial score (nSPS) is 10.7. The van der Waals surface area contributed by atoms with Gasteiger partial charge in [-0.25, -0.2) is 0 Å². The van der Waals surface area contributed by atoms with E-state index in [1.54, 1.807) is 22.9 Å². The Kier molecular flexibility index (Phi) is 6.41. The van der Waals surface area contributed by atoms with E-state index in [1.165, 1.54) is 27.4 Å². The first-order valence-electron chi connectivity index (χ1n) is 8.75. The van der Waals surface area contributed by atoms with Crippen LogP contribution in [0.15, 0.2) is 48.5 Å². The summed E-state index contributed by atoms with van der Waals surface area (Å²) in [6.45, 7) is 0.181. The molecule has 1 heterocycles. The van der Waals surface area contributed by atoms with Crippen LogP contribution in [-0.4, -0.2) is 47.4 Å². The highest BCUT2D eigenvalue weighted by Crippen LogP contribution is 2.38. The van der Waals surface area contributed by atoms with Gasteiger partial charge in [-0.05, 0) is 46.3 Å². The summed E-state index contributed by atoms with van der Waals surface area (Å²) in [4.78, 5) is 12.2. The van der Waals surface area contributed by atoms with Crippen LogP contribution < -0.4 is 19.5 Å². The molecule has 3 rings (SSSR count). The van der Waals surface area contributed by atoms with Crippen LogP contribution in [-0.2, 0) is 11.3 Å². The van der Waals surface area contributed by atoms with E-state index in [-0.39, 0.29) is 12.5 Å². The molecule has 0 saturated carbocycles. The second-order valence-corrected chi connectivity index (χ2v) is 5.85. The van der Waals surface area contributed by atoms with Crippen molar-refractivity contribution in [2.75, 3.05) is 21.3 Å². The number of ether oxygens (including phenoxy) is 3. The van der Waals surface area contributed by atoms with E-state index in [2.05, 4.69) is 20.8 Å². The Bertz CT molecular complexity index is 976. The predicted molar refractivity (Wildman–Crippen MR) is 106 cm³/mol. The van der Waals surface area contributed by atoms with Crippen LogP contribution >= 0.6 is 0 Å². The molecular formula is C20H21N5O4. The number of nitrogens with zero attached hydrogens (tertiary/aromatic N) is 4.